The normalized spacial score (nSPS) is 10.2. The Labute approximate surface area is 140 Å². The minimum atomic E-state index is -0.536. The monoisotopic (exact) mass is 343 g/mol. The molecule has 0 radical (unpaired) electrons. The van der Waals surface area contributed by atoms with E-state index in [2.05, 4.69) is 12.6 Å². The lowest BCUT2D eigenvalue weighted by molar-refractivity contribution is -0.385. The van der Waals surface area contributed by atoms with Crippen LogP contribution in [-0.2, 0) is 16.1 Å². The van der Waals surface area contributed by atoms with E-state index in [0.717, 1.165) is 6.42 Å². The number of nitrogens with zero attached hydrogens (tertiary/aromatic N) is 1. The van der Waals surface area contributed by atoms with E-state index in [1.807, 2.05) is 0 Å². The van der Waals surface area contributed by atoms with Crippen molar-refractivity contribution in [3.8, 4) is 11.5 Å². The van der Waals surface area contributed by atoms with Crippen molar-refractivity contribution < 1.29 is 23.9 Å². The van der Waals surface area contributed by atoms with E-state index in [1.165, 1.54) is 19.2 Å². The van der Waals surface area contributed by atoms with Gasteiger partial charge >= 0.3 is 5.97 Å². The predicted octanol–water partition coefficient (Wildman–Crippen LogP) is 3.15. The fourth-order valence-electron chi connectivity index (χ4n) is 1.92. The van der Waals surface area contributed by atoms with E-state index < -0.39 is 10.9 Å². The lowest BCUT2D eigenvalue weighted by Gasteiger charge is -2.12. The van der Waals surface area contributed by atoms with Crippen molar-refractivity contribution in [3.63, 3.8) is 0 Å². The Morgan fingerprint density at radius 2 is 2.04 bits per heavy atom. The molecule has 0 saturated heterocycles. The van der Waals surface area contributed by atoms with Crippen LogP contribution in [0.25, 0.3) is 0 Å². The lowest BCUT2D eigenvalue weighted by Crippen LogP contribution is -2.07. The number of hydrogen-bond acceptors (Lipinski definition) is 7. The number of esters is 1. The molecule has 1 aromatic carbocycles. The molecular formula is C15H21NO6S. The summed E-state index contributed by atoms with van der Waals surface area (Å²) in [7, 11) is 1.44. The first kappa shape index (κ1) is 19.1. The summed E-state index contributed by atoms with van der Waals surface area (Å²) in [5.41, 5.74) is 0.0928. The smallest absolute Gasteiger partial charge is 0.306 e. The predicted molar refractivity (Wildman–Crippen MR) is 88.3 cm³/mol. The van der Waals surface area contributed by atoms with Crippen LogP contribution in [-0.4, -0.2) is 30.4 Å². The highest BCUT2D eigenvalue weighted by Gasteiger charge is 2.20. The summed E-state index contributed by atoms with van der Waals surface area (Å²) >= 11 is 4.06. The van der Waals surface area contributed by atoms with Crippen LogP contribution in [0.15, 0.2) is 12.1 Å². The van der Waals surface area contributed by atoms with Crippen LogP contribution in [0.3, 0.4) is 0 Å². The van der Waals surface area contributed by atoms with E-state index in [4.69, 9.17) is 14.2 Å². The van der Waals surface area contributed by atoms with Crippen molar-refractivity contribution >= 4 is 24.3 Å². The van der Waals surface area contributed by atoms with Gasteiger partial charge in [0.25, 0.3) is 5.69 Å². The van der Waals surface area contributed by atoms with Gasteiger partial charge in [0, 0.05) is 6.42 Å². The van der Waals surface area contributed by atoms with Crippen molar-refractivity contribution in [1.29, 1.82) is 0 Å². The maximum atomic E-state index is 11.6. The number of methoxy groups -OCH3 is 1. The van der Waals surface area contributed by atoms with Crippen molar-refractivity contribution in [2.45, 2.75) is 32.8 Å². The molecule has 0 atom stereocenters. The van der Waals surface area contributed by atoms with Crippen molar-refractivity contribution in [1.82, 2.24) is 0 Å². The van der Waals surface area contributed by atoms with E-state index >= 15 is 0 Å². The van der Waals surface area contributed by atoms with E-state index in [0.29, 0.717) is 24.5 Å². The Kier molecular flexibility index (Phi) is 8.25. The molecule has 1 rings (SSSR count). The number of hydrogen-bond donors (Lipinski definition) is 1. The largest absolute Gasteiger partial charge is 0.493 e. The second kappa shape index (κ2) is 9.94. The standard InChI is InChI=1S/C15H21NO6S/c1-3-21-14-9-12(16(18)19)11(8-13(14)20-2)10-22-15(17)6-4-5-7-23/h8-9,23H,3-7,10H2,1-2H3. The third kappa shape index (κ3) is 5.97. The fraction of sp³-hybridized carbons (Fsp3) is 0.533. The summed E-state index contributed by atoms with van der Waals surface area (Å²) in [6.07, 6.45) is 1.76. The van der Waals surface area contributed by atoms with Gasteiger partial charge in [0.2, 0.25) is 0 Å². The van der Waals surface area contributed by atoms with Gasteiger partial charge in [-0.05, 0) is 31.6 Å². The zero-order valence-corrected chi connectivity index (χ0v) is 14.1. The maximum Gasteiger partial charge on any atom is 0.306 e. The molecule has 1 aromatic rings. The molecule has 8 heteroatoms. The number of thiol groups is 1. The van der Waals surface area contributed by atoms with Crippen LogP contribution in [0, 0.1) is 10.1 Å². The zero-order chi connectivity index (χ0) is 17.2. The summed E-state index contributed by atoms with van der Waals surface area (Å²) in [5.74, 6) is 0.951. The zero-order valence-electron chi connectivity index (χ0n) is 13.2. The topological polar surface area (TPSA) is 87.9 Å². The minimum absolute atomic E-state index is 0.169. The molecule has 0 fully saturated rings. The summed E-state index contributed by atoms with van der Waals surface area (Å²) in [6, 6.07) is 2.75. The summed E-state index contributed by atoms with van der Waals surface area (Å²) < 4.78 is 15.6. The summed E-state index contributed by atoms with van der Waals surface area (Å²) in [4.78, 5) is 22.3. The summed E-state index contributed by atoms with van der Waals surface area (Å²) in [5, 5.41) is 11.2. The van der Waals surface area contributed by atoms with Crippen LogP contribution in [0.1, 0.15) is 31.7 Å². The average molecular weight is 343 g/mol. The fourth-order valence-corrected chi connectivity index (χ4v) is 2.14. The van der Waals surface area contributed by atoms with E-state index in [-0.39, 0.29) is 30.0 Å². The molecule has 0 N–H and O–H groups in total. The van der Waals surface area contributed by atoms with Crippen LogP contribution >= 0.6 is 12.6 Å². The molecule has 0 amide bonds. The van der Waals surface area contributed by atoms with E-state index in [9.17, 15) is 14.9 Å². The number of benzene rings is 1. The SMILES string of the molecule is CCOc1cc([N+](=O)[O-])c(COC(=O)CCCCS)cc1OC. The number of unbranched alkanes of at least 4 members (excludes halogenated alkanes) is 1. The highest BCUT2D eigenvalue weighted by molar-refractivity contribution is 7.80. The number of carbonyl (C=O) groups excluding carboxylic acids is 1. The molecule has 0 aromatic heterocycles. The van der Waals surface area contributed by atoms with Gasteiger partial charge in [-0.2, -0.15) is 12.6 Å². The first-order valence-corrected chi connectivity index (χ1v) is 7.91. The molecule has 128 valence electrons. The Balaban J connectivity index is 2.87. The Hall–Kier alpha value is -1.96. The van der Waals surface area contributed by atoms with Gasteiger partial charge in [0.05, 0.1) is 30.3 Å². The first-order valence-electron chi connectivity index (χ1n) is 7.28. The Bertz CT molecular complexity index is 549. The van der Waals surface area contributed by atoms with Gasteiger partial charge in [-0.25, -0.2) is 0 Å². The van der Waals surface area contributed by atoms with Gasteiger partial charge in [0.15, 0.2) is 11.5 Å². The van der Waals surface area contributed by atoms with Crippen LogP contribution < -0.4 is 9.47 Å². The van der Waals surface area contributed by atoms with Crippen molar-refractivity contribution in [2.24, 2.45) is 0 Å². The maximum absolute atomic E-state index is 11.6. The molecular weight excluding hydrogens is 322 g/mol. The van der Waals surface area contributed by atoms with Gasteiger partial charge in [-0.1, -0.05) is 0 Å². The number of nitro groups is 1. The number of rotatable bonds is 10. The number of carbonyl (C=O) groups is 1. The van der Waals surface area contributed by atoms with Crippen LogP contribution in [0.5, 0.6) is 11.5 Å². The highest BCUT2D eigenvalue weighted by Crippen LogP contribution is 2.35. The molecule has 0 heterocycles. The van der Waals surface area contributed by atoms with E-state index in [1.54, 1.807) is 6.92 Å². The van der Waals surface area contributed by atoms with Gasteiger partial charge < -0.3 is 14.2 Å². The van der Waals surface area contributed by atoms with Crippen LogP contribution in [0.4, 0.5) is 5.69 Å². The molecule has 0 aliphatic rings. The van der Waals surface area contributed by atoms with Gasteiger partial charge in [-0.3, -0.25) is 14.9 Å². The molecule has 0 spiro atoms. The molecule has 0 saturated carbocycles. The first-order chi connectivity index (χ1) is 11.0. The van der Waals surface area contributed by atoms with Gasteiger partial charge in [0.1, 0.15) is 6.61 Å². The Morgan fingerprint density at radius 3 is 2.61 bits per heavy atom. The van der Waals surface area contributed by atoms with Gasteiger partial charge in [-0.15, -0.1) is 0 Å². The highest BCUT2D eigenvalue weighted by atomic mass is 32.1. The van der Waals surface area contributed by atoms with Crippen molar-refractivity contribution in [3.05, 3.63) is 27.8 Å². The molecule has 7 nitrogen and oxygen atoms in total. The molecule has 0 aliphatic heterocycles. The number of ether oxygens (including phenoxy) is 3. The average Bonchev–Trinajstić information content (AvgIpc) is 2.53. The summed E-state index contributed by atoms with van der Waals surface area (Å²) in [6.45, 7) is 1.94. The Morgan fingerprint density at radius 1 is 1.30 bits per heavy atom. The third-order valence-corrected chi connectivity index (χ3v) is 3.36. The minimum Gasteiger partial charge on any atom is -0.493 e. The van der Waals surface area contributed by atoms with Crippen LogP contribution in [0.2, 0.25) is 0 Å². The second-order valence-electron chi connectivity index (χ2n) is 4.66. The molecule has 0 bridgehead atoms. The molecule has 23 heavy (non-hydrogen) atoms. The molecule has 0 unspecified atom stereocenters. The third-order valence-electron chi connectivity index (χ3n) is 3.04. The second-order valence-corrected chi connectivity index (χ2v) is 5.11. The quantitative estimate of drug-likeness (QED) is 0.231. The lowest BCUT2D eigenvalue weighted by atomic mass is 10.1. The molecule has 0 aliphatic carbocycles. The number of nitro benzene ring substituents is 1. The van der Waals surface area contributed by atoms with Crippen molar-refractivity contribution in [2.75, 3.05) is 19.5 Å².